The lowest BCUT2D eigenvalue weighted by Gasteiger charge is -2.19. The molecule has 2 atom stereocenters. The van der Waals surface area contributed by atoms with Crippen molar-refractivity contribution in [3.05, 3.63) is 158 Å². The van der Waals surface area contributed by atoms with Crippen LogP contribution in [0.15, 0.2) is 158 Å². The number of aliphatic hydroxyl groups excluding tert-OH is 2. The molecule has 0 fully saturated rings. The van der Waals surface area contributed by atoms with Gasteiger partial charge in [0.1, 0.15) is 0 Å². The molecule has 0 heterocycles. The van der Waals surface area contributed by atoms with Crippen LogP contribution in [-0.2, 0) is 4.79 Å². The number of hydrogen-bond acceptors (Lipinski definition) is 3. The number of amides is 1. The molecule has 0 aromatic carbocycles. The number of nitrogens with one attached hydrogen (secondary N) is 1. The molecule has 0 radical (unpaired) electrons. The Labute approximate surface area is 426 Å². The average Bonchev–Trinajstić information content (AvgIpc) is 3.35. The molecule has 69 heavy (non-hydrogen) atoms. The lowest BCUT2D eigenvalue weighted by Crippen LogP contribution is -2.45. The molecule has 4 nitrogen and oxygen atoms in total. The maximum absolute atomic E-state index is 12.5. The number of rotatable bonds is 49. The third-order valence-electron chi connectivity index (χ3n) is 11.7. The van der Waals surface area contributed by atoms with E-state index >= 15 is 0 Å². The summed E-state index contributed by atoms with van der Waals surface area (Å²) in [5.41, 5.74) is 0. The van der Waals surface area contributed by atoms with Crippen molar-refractivity contribution in [3.63, 3.8) is 0 Å². The molecule has 0 bridgehead atoms. The Morgan fingerprint density at radius 3 is 1.01 bits per heavy atom. The van der Waals surface area contributed by atoms with Gasteiger partial charge in [0.15, 0.2) is 0 Å². The molecule has 0 aromatic heterocycles. The smallest absolute Gasteiger partial charge is 0.220 e. The highest BCUT2D eigenvalue weighted by molar-refractivity contribution is 5.76. The lowest BCUT2D eigenvalue weighted by atomic mass is 10.0. The molecule has 0 saturated carbocycles. The summed E-state index contributed by atoms with van der Waals surface area (Å²) in [4.78, 5) is 12.5. The van der Waals surface area contributed by atoms with Crippen LogP contribution >= 0.6 is 0 Å². The third kappa shape index (κ3) is 54.8. The van der Waals surface area contributed by atoms with Gasteiger partial charge in [0, 0.05) is 6.42 Å². The Bertz CT molecular complexity index is 1490. The van der Waals surface area contributed by atoms with E-state index in [0.29, 0.717) is 6.42 Å². The van der Waals surface area contributed by atoms with Gasteiger partial charge in [-0.05, 0) is 116 Å². The predicted molar refractivity (Wildman–Crippen MR) is 308 cm³/mol. The molecule has 1 amide bonds. The molecule has 4 heteroatoms. The molecule has 0 aliphatic carbocycles. The summed E-state index contributed by atoms with van der Waals surface area (Å²) in [7, 11) is 0. The fraction of sp³-hybridized carbons (Fsp3) is 0.585. The molecule has 0 saturated heterocycles. The van der Waals surface area contributed by atoms with Gasteiger partial charge >= 0.3 is 0 Å². The van der Waals surface area contributed by atoms with Crippen LogP contribution in [0.3, 0.4) is 0 Å². The summed E-state index contributed by atoms with van der Waals surface area (Å²) in [6.45, 7) is 4.17. The zero-order valence-corrected chi connectivity index (χ0v) is 44.5. The average molecular weight is 949 g/mol. The maximum atomic E-state index is 12.5. The topological polar surface area (TPSA) is 69.6 Å². The van der Waals surface area contributed by atoms with Crippen LogP contribution in [0.1, 0.15) is 226 Å². The highest BCUT2D eigenvalue weighted by Crippen LogP contribution is 2.13. The molecule has 0 aliphatic rings. The van der Waals surface area contributed by atoms with Crippen molar-refractivity contribution in [2.75, 3.05) is 6.61 Å². The van der Waals surface area contributed by atoms with Crippen LogP contribution in [0.5, 0.6) is 0 Å². The standard InChI is InChI=1S/C65H105NO3/c1-3-5-7-9-11-13-15-17-19-21-23-24-25-26-27-28-29-30-31-32-33-34-35-36-37-38-39-40-41-42-43-45-47-49-51-53-55-57-59-61-65(69)66-63(62-67)64(68)60-58-56-54-52-50-48-46-44-22-20-18-16-14-12-10-8-6-4-2/h5,7,11,13,17,19,23-24,26-27,29-30,32-33,35-36,38-39,41-42,45,47,50,52,58,60,63-64,67-68H,3-4,6,8-10,12,14-16,18,20-22,25,28,31,34,37,40,43-44,46,48-49,51,53-57,59,61-62H2,1-2H3,(H,66,69)/b7-5-,13-11-,19-17-,24-23-,27-26-,30-29-,33-32-,36-35-,39-38-,42-41-,47-45-,52-50+,60-58+. The van der Waals surface area contributed by atoms with Gasteiger partial charge < -0.3 is 15.5 Å². The summed E-state index contributed by atoms with van der Waals surface area (Å²) in [6, 6.07) is -0.662. The second kappa shape index (κ2) is 58.3. The number of aliphatic hydroxyl groups is 2. The SMILES string of the molecule is CC/C=C\C/C=C\C/C=C\C/C=C\C/C=C\C/C=C\C/C=C\C/C=C\C/C=C\C/C=C\C/C=C\CCCCCCCC(=O)NC(CO)C(O)/C=C/CC/C=C/CCCCCCCCCCCCCC. The van der Waals surface area contributed by atoms with E-state index in [9.17, 15) is 15.0 Å². The van der Waals surface area contributed by atoms with Crippen molar-refractivity contribution < 1.29 is 15.0 Å². The van der Waals surface area contributed by atoms with Crippen LogP contribution in [0.2, 0.25) is 0 Å². The maximum Gasteiger partial charge on any atom is 0.220 e. The van der Waals surface area contributed by atoms with Crippen LogP contribution in [-0.4, -0.2) is 34.9 Å². The normalized spacial score (nSPS) is 14.1. The van der Waals surface area contributed by atoms with E-state index in [4.69, 9.17) is 0 Å². The van der Waals surface area contributed by atoms with E-state index in [-0.39, 0.29) is 12.5 Å². The van der Waals surface area contributed by atoms with E-state index in [0.717, 1.165) is 116 Å². The molecule has 0 spiro atoms. The Kier molecular flexibility index (Phi) is 55.0. The molecular weight excluding hydrogens is 843 g/mol. The number of allylic oxidation sites excluding steroid dienone is 25. The number of hydrogen-bond donors (Lipinski definition) is 3. The second-order valence-electron chi connectivity index (χ2n) is 18.3. The van der Waals surface area contributed by atoms with Gasteiger partial charge in [-0.1, -0.05) is 262 Å². The van der Waals surface area contributed by atoms with Gasteiger partial charge in [-0.3, -0.25) is 4.79 Å². The van der Waals surface area contributed by atoms with Crippen LogP contribution in [0, 0.1) is 0 Å². The van der Waals surface area contributed by atoms with Gasteiger partial charge in [-0.2, -0.15) is 0 Å². The van der Waals surface area contributed by atoms with E-state index in [1.165, 1.54) is 89.9 Å². The largest absolute Gasteiger partial charge is 0.394 e. The first-order valence-electron chi connectivity index (χ1n) is 28.2. The first-order chi connectivity index (χ1) is 34.2. The fourth-order valence-electron chi connectivity index (χ4n) is 7.49. The van der Waals surface area contributed by atoms with E-state index in [2.05, 4.69) is 165 Å². The quantitative estimate of drug-likeness (QED) is 0.0420. The minimum absolute atomic E-state index is 0.0992. The second-order valence-corrected chi connectivity index (χ2v) is 18.3. The zero-order chi connectivity index (χ0) is 49.9. The van der Waals surface area contributed by atoms with Crippen LogP contribution in [0.25, 0.3) is 0 Å². The molecule has 2 unspecified atom stereocenters. The fourth-order valence-corrected chi connectivity index (χ4v) is 7.49. The van der Waals surface area contributed by atoms with Crippen molar-refractivity contribution in [3.8, 4) is 0 Å². The minimum Gasteiger partial charge on any atom is -0.394 e. The first kappa shape index (κ1) is 65.0. The van der Waals surface area contributed by atoms with Gasteiger partial charge in [0.2, 0.25) is 5.91 Å². The van der Waals surface area contributed by atoms with Gasteiger partial charge in [-0.25, -0.2) is 0 Å². The first-order valence-corrected chi connectivity index (χ1v) is 28.2. The molecule has 3 N–H and O–H groups in total. The van der Waals surface area contributed by atoms with Crippen molar-refractivity contribution >= 4 is 5.91 Å². The number of unbranched alkanes of at least 4 members (excludes halogenated alkanes) is 18. The molecule has 0 aliphatic heterocycles. The number of carbonyl (C=O) groups excluding carboxylic acids is 1. The summed E-state index contributed by atoms with van der Waals surface area (Å²) in [6.07, 6.45) is 93.9. The monoisotopic (exact) mass is 948 g/mol. The van der Waals surface area contributed by atoms with Gasteiger partial charge in [-0.15, -0.1) is 0 Å². The Balaban J connectivity index is 3.72. The Morgan fingerprint density at radius 1 is 0.362 bits per heavy atom. The van der Waals surface area contributed by atoms with Crippen molar-refractivity contribution in [1.82, 2.24) is 5.32 Å². The Hall–Kier alpha value is -3.99. The lowest BCUT2D eigenvalue weighted by molar-refractivity contribution is -0.123. The van der Waals surface area contributed by atoms with E-state index in [1.54, 1.807) is 6.08 Å². The highest BCUT2D eigenvalue weighted by atomic mass is 16.3. The summed E-state index contributed by atoms with van der Waals surface area (Å²) < 4.78 is 0. The van der Waals surface area contributed by atoms with E-state index < -0.39 is 12.1 Å². The molecule has 0 rings (SSSR count). The van der Waals surface area contributed by atoms with Crippen molar-refractivity contribution in [1.29, 1.82) is 0 Å². The number of carbonyl (C=O) groups is 1. The summed E-state index contributed by atoms with van der Waals surface area (Å²) in [5, 5.41) is 23.1. The zero-order valence-electron chi connectivity index (χ0n) is 44.5. The minimum atomic E-state index is -0.882. The molecular formula is C65H105NO3. The summed E-state index contributed by atoms with van der Waals surface area (Å²) in [5.74, 6) is -0.0992. The molecule has 0 aromatic rings. The molecule has 388 valence electrons. The van der Waals surface area contributed by atoms with Crippen molar-refractivity contribution in [2.45, 2.75) is 238 Å². The highest BCUT2D eigenvalue weighted by Gasteiger charge is 2.17. The van der Waals surface area contributed by atoms with Crippen molar-refractivity contribution in [2.24, 2.45) is 0 Å². The Morgan fingerprint density at radius 2 is 0.652 bits per heavy atom. The summed E-state index contributed by atoms with van der Waals surface area (Å²) >= 11 is 0. The third-order valence-corrected chi connectivity index (χ3v) is 11.7. The van der Waals surface area contributed by atoms with Gasteiger partial charge in [0.25, 0.3) is 0 Å². The predicted octanol–water partition coefficient (Wildman–Crippen LogP) is 19.0. The van der Waals surface area contributed by atoms with Crippen LogP contribution < -0.4 is 5.32 Å². The van der Waals surface area contributed by atoms with Gasteiger partial charge in [0.05, 0.1) is 18.8 Å². The van der Waals surface area contributed by atoms with Crippen LogP contribution in [0.4, 0.5) is 0 Å². The van der Waals surface area contributed by atoms with E-state index in [1.807, 2.05) is 6.08 Å².